The molecule has 0 saturated carbocycles. The van der Waals surface area contributed by atoms with Gasteiger partial charge in [0, 0.05) is 6.26 Å². The molecule has 108 valence electrons. The molecule has 1 N–H and O–H groups in total. The standard InChI is InChI=1S/C10H10ClN3O4S2/c1-19(15,16)6-20(17,18)14-10-9(11)12-7-4-2-3-5-8(7)13-10/h2-5H,6H2,1H3,(H,13,14). The van der Waals surface area contributed by atoms with Crippen LogP contribution in [-0.4, -0.2) is 38.1 Å². The summed E-state index contributed by atoms with van der Waals surface area (Å²) in [4.78, 5) is 7.99. The Kier molecular flexibility index (Phi) is 3.85. The third-order valence-corrected chi connectivity index (χ3v) is 5.87. The minimum absolute atomic E-state index is 0.152. The van der Waals surface area contributed by atoms with Gasteiger partial charge in [-0.15, -0.1) is 0 Å². The van der Waals surface area contributed by atoms with E-state index in [1.807, 2.05) is 4.72 Å². The Labute approximate surface area is 121 Å². The van der Waals surface area contributed by atoms with Crippen molar-refractivity contribution in [3.8, 4) is 0 Å². The van der Waals surface area contributed by atoms with E-state index in [0.29, 0.717) is 11.0 Å². The van der Waals surface area contributed by atoms with Crippen LogP contribution in [0.3, 0.4) is 0 Å². The Morgan fingerprint density at radius 1 is 1.10 bits per heavy atom. The molecular weight excluding hydrogens is 326 g/mol. The van der Waals surface area contributed by atoms with Crippen molar-refractivity contribution in [2.45, 2.75) is 0 Å². The molecule has 0 unspecified atom stereocenters. The van der Waals surface area contributed by atoms with Crippen molar-refractivity contribution in [3.05, 3.63) is 29.4 Å². The lowest BCUT2D eigenvalue weighted by Crippen LogP contribution is -2.23. The summed E-state index contributed by atoms with van der Waals surface area (Å²) < 4.78 is 47.5. The van der Waals surface area contributed by atoms with E-state index < -0.39 is 24.9 Å². The molecule has 20 heavy (non-hydrogen) atoms. The molecule has 0 aliphatic heterocycles. The van der Waals surface area contributed by atoms with Gasteiger partial charge in [-0.3, -0.25) is 4.72 Å². The van der Waals surface area contributed by atoms with Gasteiger partial charge in [-0.1, -0.05) is 23.7 Å². The molecule has 7 nitrogen and oxygen atoms in total. The first-order chi connectivity index (χ1) is 9.16. The lowest BCUT2D eigenvalue weighted by Gasteiger charge is -2.08. The topological polar surface area (TPSA) is 106 Å². The second kappa shape index (κ2) is 5.15. The molecule has 0 saturated heterocycles. The van der Waals surface area contributed by atoms with Gasteiger partial charge < -0.3 is 0 Å². The van der Waals surface area contributed by atoms with Gasteiger partial charge >= 0.3 is 0 Å². The van der Waals surface area contributed by atoms with Crippen LogP contribution in [0.5, 0.6) is 0 Å². The fraction of sp³-hybridized carbons (Fsp3) is 0.200. The first-order valence-corrected chi connectivity index (χ1v) is 9.36. The van der Waals surface area contributed by atoms with E-state index in [1.165, 1.54) is 0 Å². The van der Waals surface area contributed by atoms with Crippen LogP contribution in [0.4, 0.5) is 5.82 Å². The van der Waals surface area contributed by atoms with Gasteiger partial charge in [-0.25, -0.2) is 26.8 Å². The van der Waals surface area contributed by atoms with Crippen molar-refractivity contribution < 1.29 is 16.8 Å². The highest BCUT2D eigenvalue weighted by atomic mass is 35.5. The zero-order valence-electron chi connectivity index (χ0n) is 10.2. The average molecular weight is 336 g/mol. The monoisotopic (exact) mass is 335 g/mol. The number of nitrogens with one attached hydrogen (secondary N) is 1. The third-order valence-electron chi connectivity index (χ3n) is 2.15. The molecule has 1 aromatic heterocycles. The maximum atomic E-state index is 11.7. The zero-order valence-corrected chi connectivity index (χ0v) is 12.6. The fourth-order valence-corrected chi connectivity index (χ4v) is 4.67. The van der Waals surface area contributed by atoms with Crippen LogP contribution in [0.15, 0.2) is 24.3 Å². The molecule has 2 rings (SSSR count). The van der Waals surface area contributed by atoms with E-state index in [0.717, 1.165) is 6.26 Å². The number of halogens is 1. The Morgan fingerprint density at radius 2 is 1.65 bits per heavy atom. The third kappa shape index (κ3) is 3.78. The number of sulfonamides is 1. The number of sulfone groups is 1. The Hall–Kier alpha value is -1.45. The number of anilines is 1. The minimum atomic E-state index is -4.11. The summed E-state index contributed by atoms with van der Waals surface area (Å²) in [5.74, 6) is -0.200. The van der Waals surface area contributed by atoms with E-state index in [9.17, 15) is 16.8 Å². The van der Waals surface area contributed by atoms with Gasteiger partial charge in [-0.05, 0) is 12.1 Å². The molecule has 10 heteroatoms. The summed E-state index contributed by atoms with van der Waals surface area (Å²) in [7, 11) is -7.81. The van der Waals surface area contributed by atoms with Crippen molar-refractivity contribution in [3.63, 3.8) is 0 Å². The van der Waals surface area contributed by atoms with Crippen LogP contribution in [0.1, 0.15) is 0 Å². The van der Waals surface area contributed by atoms with Crippen molar-refractivity contribution >= 4 is 48.3 Å². The number of hydrogen-bond donors (Lipinski definition) is 1. The SMILES string of the molecule is CS(=O)(=O)CS(=O)(=O)Nc1nc2ccccc2nc1Cl. The van der Waals surface area contributed by atoms with Crippen LogP contribution < -0.4 is 4.72 Å². The Morgan fingerprint density at radius 3 is 2.20 bits per heavy atom. The highest BCUT2D eigenvalue weighted by Crippen LogP contribution is 2.22. The van der Waals surface area contributed by atoms with Crippen LogP contribution >= 0.6 is 11.6 Å². The van der Waals surface area contributed by atoms with Gasteiger partial charge in [-0.2, -0.15) is 0 Å². The summed E-state index contributed by atoms with van der Waals surface area (Å²) in [5, 5.41) is -1.20. The maximum absolute atomic E-state index is 11.7. The van der Waals surface area contributed by atoms with Gasteiger partial charge in [0.15, 0.2) is 25.9 Å². The van der Waals surface area contributed by atoms with Gasteiger partial charge in [0.2, 0.25) is 10.0 Å². The van der Waals surface area contributed by atoms with E-state index in [1.54, 1.807) is 24.3 Å². The maximum Gasteiger partial charge on any atom is 0.248 e. The minimum Gasteiger partial charge on any atom is -0.264 e. The summed E-state index contributed by atoms with van der Waals surface area (Å²) in [6, 6.07) is 6.75. The number of fused-ring (bicyclic) bond motifs is 1. The second-order valence-corrected chi connectivity index (χ2v) is 8.70. The molecule has 0 spiro atoms. The first-order valence-electron chi connectivity index (χ1n) is 5.27. The van der Waals surface area contributed by atoms with Crippen LogP contribution in [0, 0.1) is 0 Å². The smallest absolute Gasteiger partial charge is 0.248 e. The molecule has 1 heterocycles. The fourth-order valence-electron chi connectivity index (χ4n) is 1.50. The van der Waals surface area contributed by atoms with E-state index in [-0.39, 0.29) is 11.0 Å². The highest BCUT2D eigenvalue weighted by Gasteiger charge is 2.20. The predicted octanol–water partition coefficient (Wildman–Crippen LogP) is 1.03. The molecule has 1 aromatic carbocycles. The number of para-hydroxylation sites is 2. The summed E-state index contributed by atoms with van der Waals surface area (Å²) in [6.07, 6.45) is 0.819. The normalized spacial score (nSPS) is 12.5. The molecule has 0 aliphatic rings. The Bertz CT molecular complexity index is 865. The summed E-state index contributed by atoms with van der Waals surface area (Å²) >= 11 is 5.83. The molecule has 2 aromatic rings. The van der Waals surface area contributed by atoms with Crippen LogP contribution in [-0.2, 0) is 19.9 Å². The van der Waals surface area contributed by atoms with Gasteiger partial charge in [0.1, 0.15) is 0 Å². The molecule has 0 aliphatic carbocycles. The molecule has 0 atom stereocenters. The number of aromatic nitrogens is 2. The largest absolute Gasteiger partial charge is 0.264 e. The molecule has 0 fully saturated rings. The number of nitrogens with zero attached hydrogens (tertiary/aromatic N) is 2. The van der Waals surface area contributed by atoms with E-state index in [2.05, 4.69) is 9.97 Å². The van der Waals surface area contributed by atoms with Gasteiger partial charge in [0.05, 0.1) is 11.0 Å². The zero-order chi connectivity index (χ0) is 15.0. The number of benzene rings is 1. The lowest BCUT2D eigenvalue weighted by molar-refractivity contribution is 0.595. The average Bonchev–Trinajstić information content (AvgIpc) is 2.26. The van der Waals surface area contributed by atoms with E-state index in [4.69, 9.17) is 11.6 Å². The van der Waals surface area contributed by atoms with Crippen LogP contribution in [0.25, 0.3) is 11.0 Å². The lowest BCUT2D eigenvalue weighted by atomic mass is 10.3. The van der Waals surface area contributed by atoms with Crippen molar-refractivity contribution in [2.24, 2.45) is 0 Å². The number of hydrogen-bond acceptors (Lipinski definition) is 6. The van der Waals surface area contributed by atoms with Crippen LogP contribution in [0.2, 0.25) is 5.15 Å². The van der Waals surface area contributed by atoms with Crippen molar-refractivity contribution in [1.82, 2.24) is 9.97 Å². The quantitative estimate of drug-likeness (QED) is 0.894. The molecule has 0 radical (unpaired) electrons. The van der Waals surface area contributed by atoms with Gasteiger partial charge in [0.25, 0.3) is 0 Å². The molecule has 0 bridgehead atoms. The Balaban J connectivity index is 2.41. The van der Waals surface area contributed by atoms with E-state index >= 15 is 0 Å². The van der Waals surface area contributed by atoms with Crippen molar-refractivity contribution in [1.29, 1.82) is 0 Å². The highest BCUT2D eigenvalue weighted by molar-refractivity contribution is 8.08. The number of rotatable bonds is 4. The molecular formula is C10H10ClN3O4S2. The first kappa shape index (κ1) is 14.9. The predicted molar refractivity (Wildman–Crippen MR) is 76.8 cm³/mol. The summed E-state index contributed by atoms with van der Waals surface area (Å²) in [6.45, 7) is 0. The second-order valence-electron chi connectivity index (χ2n) is 4.11. The van der Waals surface area contributed by atoms with Crippen molar-refractivity contribution in [2.75, 3.05) is 16.1 Å². The summed E-state index contributed by atoms with van der Waals surface area (Å²) in [5.41, 5.74) is 0.942. The molecule has 0 amide bonds.